The summed E-state index contributed by atoms with van der Waals surface area (Å²) in [6, 6.07) is 25.3. The molecule has 2 amide bonds. The number of carbonyl (C=O) groups is 2. The molecular formula is C36H41N3O2S. The Kier molecular flexibility index (Phi) is 8.43. The zero-order valence-corrected chi connectivity index (χ0v) is 25.8. The number of amides is 2. The molecule has 1 saturated carbocycles. The first-order chi connectivity index (χ1) is 20.4. The van der Waals surface area contributed by atoms with Gasteiger partial charge in [0.25, 0.3) is 11.8 Å². The van der Waals surface area contributed by atoms with Crippen LogP contribution < -0.4 is 4.90 Å². The molecule has 3 aromatic rings. The maximum atomic E-state index is 13.8. The lowest BCUT2D eigenvalue weighted by Crippen LogP contribution is -2.53. The highest BCUT2D eigenvalue weighted by Gasteiger charge is 2.40. The molecule has 2 heterocycles. The van der Waals surface area contributed by atoms with E-state index < -0.39 is 0 Å². The van der Waals surface area contributed by atoms with Gasteiger partial charge in [-0.15, -0.1) is 11.8 Å². The van der Waals surface area contributed by atoms with Gasteiger partial charge in [-0.05, 0) is 86.2 Å². The number of aryl methyl sites for hydroxylation is 2. The Labute approximate surface area is 254 Å². The van der Waals surface area contributed by atoms with Crippen molar-refractivity contribution in [2.45, 2.75) is 70.3 Å². The van der Waals surface area contributed by atoms with Crippen molar-refractivity contribution in [2.24, 2.45) is 0 Å². The van der Waals surface area contributed by atoms with E-state index in [0.717, 1.165) is 29.9 Å². The van der Waals surface area contributed by atoms with Gasteiger partial charge in [-0.1, -0.05) is 61.4 Å². The van der Waals surface area contributed by atoms with Crippen molar-refractivity contribution in [3.8, 4) is 0 Å². The molecule has 0 aromatic heterocycles. The minimum atomic E-state index is 0.0718. The lowest BCUT2D eigenvalue weighted by molar-refractivity contribution is -0.130. The number of hydrogen-bond acceptors (Lipinski definition) is 4. The van der Waals surface area contributed by atoms with E-state index in [1.807, 2.05) is 35.2 Å². The largest absolute Gasteiger partial charge is 0.365 e. The van der Waals surface area contributed by atoms with Crippen LogP contribution in [0.4, 0.5) is 5.69 Å². The van der Waals surface area contributed by atoms with E-state index >= 15 is 0 Å². The summed E-state index contributed by atoms with van der Waals surface area (Å²) in [5, 5.41) is 0.438. The van der Waals surface area contributed by atoms with E-state index in [4.69, 9.17) is 0 Å². The maximum absolute atomic E-state index is 13.8. The van der Waals surface area contributed by atoms with Gasteiger partial charge in [-0.2, -0.15) is 0 Å². The third-order valence-electron chi connectivity index (χ3n) is 9.12. The quantitative estimate of drug-likeness (QED) is 0.303. The van der Waals surface area contributed by atoms with Gasteiger partial charge in [-0.3, -0.25) is 9.59 Å². The fraction of sp³-hybridized carbons (Fsp3) is 0.389. The number of nitrogens with zero attached hydrogens (tertiary/aromatic N) is 3. The summed E-state index contributed by atoms with van der Waals surface area (Å²) >= 11 is 1.76. The number of anilines is 1. The number of rotatable bonds is 5. The van der Waals surface area contributed by atoms with E-state index in [1.165, 1.54) is 35.2 Å². The van der Waals surface area contributed by atoms with Crippen LogP contribution in [0.2, 0.25) is 0 Å². The van der Waals surface area contributed by atoms with Crippen LogP contribution in [0.5, 0.6) is 0 Å². The molecule has 0 bridgehead atoms. The molecular weight excluding hydrogens is 538 g/mol. The molecule has 0 spiro atoms. The smallest absolute Gasteiger partial charge is 0.260 e. The SMILES string of the molecule is Cc1cccc(N2CCN(C(=O)c3ccc(/C=C4/SC5CCCCC5N(Cc5ccccc5C)C4=O)cc3)CC2C)c1. The second-order valence-corrected chi connectivity index (χ2v) is 13.4. The molecule has 2 saturated heterocycles. The normalized spacial score (nSPS) is 23.7. The Hall–Kier alpha value is -3.51. The van der Waals surface area contributed by atoms with Crippen molar-refractivity contribution < 1.29 is 9.59 Å². The summed E-state index contributed by atoms with van der Waals surface area (Å²) in [6.07, 6.45) is 6.67. The lowest BCUT2D eigenvalue weighted by atomic mass is 9.92. The first-order valence-corrected chi connectivity index (χ1v) is 16.2. The van der Waals surface area contributed by atoms with Crippen LogP contribution in [0.15, 0.2) is 77.7 Å². The summed E-state index contributed by atoms with van der Waals surface area (Å²) < 4.78 is 0. The van der Waals surface area contributed by atoms with E-state index in [2.05, 4.69) is 79.1 Å². The molecule has 42 heavy (non-hydrogen) atoms. The van der Waals surface area contributed by atoms with Gasteiger partial charge in [0, 0.05) is 54.8 Å². The summed E-state index contributed by atoms with van der Waals surface area (Å²) in [5.74, 6) is 0.203. The predicted octanol–water partition coefficient (Wildman–Crippen LogP) is 7.08. The van der Waals surface area contributed by atoms with Gasteiger partial charge in [0.05, 0.1) is 4.91 Å². The van der Waals surface area contributed by atoms with Crippen LogP contribution in [-0.2, 0) is 11.3 Å². The maximum Gasteiger partial charge on any atom is 0.260 e. The molecule has 1 aliphatic carbocycles. The van der Waals surface area contributed by atoms with Gasteiger partial charge in [-0.25, -0.2) is 0 Å². The Morgan fingerprint density at radius 1 is 0.952 bits per heavy atom. The van der Waals surface area contributed by atoms with Crippen LogP contribution in [0.25, 0.3) is 6.08 Å². The Morgan fingerprint density at radius 2 is 1.74 bits per heavy atom. The first kappa shape index (κ1) is 28.6. The third-order valence-corrected chi connectivity index (χ3v) is 10.5. The molecule has 3 aromatic carbocycles. The van der Waals surface area contributed by atoms with Crippen molar-refractivity contribution >= 4 is 35.3 Å². The third kappa shape index (κ3) is 6.00. The van der Waals surface area contributed by atoms with E-state index in [9.17, 15) is 9.59 Å². The van der Waals surface area contributed by atoms with Crippen LogP contribution in [0.3, 0.4) is 0 Å². The standard InChI is InChI=1S/C36H41N3O2S/c1-25-9-8-12-31(21-25)38-20-19-37(23-27(38)3)35(40)29-17-15-28(16-18-29)22-34-36(41)39(24-30-11-5-4-10-26(30)2)32-13-6-7-14-33(32)42-34/h4-5,8-12,15-18,21-22,27,32-33H,6-7,13-14,19-20,23-24H2,1-3H3/b34-22+. The second kappa shape index (κ2) is 12.4. The minimum absolute atomic E-state index is 0.0718. The zero-order valence-electron chi connectivity index (χ0n) is 25.0. The summed E-state index contributed by atoms with van der Waals surface area (Å²) in [4.78, 5) is 34.6. The summed E-state index contributed by atoms with van der Waals surface area (Å²) in [6.45, 7) is 9.31. The van der Waals surface area contributed by atoms with Gasteiger partial charge >= 0.3 is 0 Å². The lowest BCUT2D eigenvalue weighted by Gasteiger charge is -2.44. The minimum Gasteiger partial charge on any atom is -0.365 e. The number of benzene rings is 3. The first-order valence-electron chi connectivity index (χ1n) is 15.3. The van der Waals surface area contributed by atoms with Gasteiger partial charge < -0.3 is 14.7 Å². The Bertz CT molecular complexity index is 1480. The van der Waals surface area contributed by atoms with Crippen molar-refractivity contribution in [2.75, 3.05) is 24.5 Å². The van der Waals surface area contributed by atoms with E-state index in [0.29, 0.717) is 36.5 Å². The molecule has 6 heteroatoms. The molecule has 3 aliphatic rings. The number of hydrogen-bond donors (Lipinski definition) is 0. The van der Waals surface area contributed by atoms with Crippen LogP contribution in [0.1, 0.15) is 65.2 Å². The van der Waals surface area contributed by atoms with Crippen molar-refractivity contribution in [1.82, 2.24) is 9.80 Å². The van der Waals surface area contributed by atoms with E-state index in [-0.39, 0.29) is 17.9 Å². The van der Waals surface area contributed by atoms with Crippen molar-refractivity contribution in [3.63, 3.8) is 0 Å². The average molecular weight is 580 g/mol. The van der Waals surface area contributed by atoms with Crippen LogP contribution in [-0.4, -0.2) is 58.6 Å². The number of thioether (sulfide) groups is 1. The highest BCUT2D eigenvalue weighted by Crippen LogP contribution is 2.43. The molecule has 2 aliphatic heterocycles. The molecule has 0 N–H and O–H groups in total. The van der Waals surface area contributed by atoms with Crippen LogP contribution in [0, 0.1) is 13.8 Å². The van der Waals surface area contributed by atoms with Gasteiger partial charge in [0.15, 0.2) is 0 Å². The summed E-state index contributed by atoms with van der Waals surface area (Å²) in [5.41, 5.74) is 6.58. The van der Waals surface area contributed by atoms with Crippen molar-refractivity contribution in [1.29, 1.82) is 0 Å². The molecule has 218 valence electrons. The number of piperazine rings is 1. The number of carbonyl (C=O) groups excluding carboxylic acids is 2. The monoisotopic (exact) mass is 579 g/mol. The topological polar surface area (TPSA) is 43.9 Å². The number of fused-ring (bicyclic) bond motifs is 1. The molecule has 0 radical (unpaired) electrons. The Morgan fingerprint density at radius 3 is 2.50 bits per heavy atom. The van der Waals surface area contributed by atoms with Gasteiger partial charge in [0.2, 0.25) is 0 Å². The molecule has 5 nitrogen and oxygen atoms in total. The molecule has 3 atom stereocenters. The highest BCUT2D eigenvalue weighted by atomic mass is 32.2. The predicted molar refractivity (Wildman–Crippen MR) is 174 cm³/mol. The second-order valence-electron chi connectivity index (χ2n) is 12.1. The average Bonchev–Trinajstić information content (AvgIpc) is 3.00. The van der Waals surface area contributed by atoms with Crippen LogP contribution >= 0.6 is 11.8 Å². The fourth-order valence-electron chi connectivity index (χ4n) is 6.72. The fourth-order valence-corrected chi connectivity index (χ4v) is 8.19. The molecule has 3 unspecified atom stereocenters. The van der Waals surface area contributed by atoms with Crippen molar-refractivity contribution in [3.05, 3.63) is 106 Å². The highest BCUT2D eigenvalue weighted by molar-refractivity contribution is 8.04. The summed E-state index contributed by atoms with van der Waals surface area (Å²) in [7, 11) is 0. The van der Waals surface area contributed by atoms with E-state index in [1.54, 1.807) is 11.8 Å². The molecule has 6 rings (SSSR count). The molecule has 3 fully saturated rings. The zero-order chi connectivity index (χ0) is 29.2. The Balaban J connectivity index is 1.15. The van der Waals surface area contributed by atoms with Gasteiger partial charge in [0.1, 0.15) is 0 Å².